The van der Waals surface area contributed by atoms with Crippen molar-refractivity contribution < 1.29 is 0 Å². The van der Waals surface area contributed by atoms with E-state index in [-0.39, 0.29) is 0 Å². The van der Waals surface area contributed by atoms with Crippen molar-refractivity contribution in [1.29, 1.82) is 0 Å². The van der Waals surface area contributed by atoms with Gasteiger partial charge < -0.3 is 9.97 Å². The van der Waals surface area contributed by atoms with Gasteiger partial charge in [0.25, 0.3) is 0 Å². The second-order valence-corrected chi connectivity index (χ2v) is 13.7. The van der Waals surface area contributed by atoms with Crippen LogP contribution in [0.15, 0.2) is 72.9 Å². The lowest BCUT2D eigenvalue weighted by Crippen LogP contribution is -2.19. The van der Waals surface area contributed by atoms with Crippen LogP contribution in [-0.4, -0.2) is 19.9 Å². The van der Waals surface area contributed by atoms with Crippen molar-refractivity contribution in [2.75, 3.05) is 0 Å². The van der Waals surface area contributed by atoms with Crippen LogP contribution in [0.3, 0.4) is 0 Å². The van der Waals surface area contributed by atoms with Crippen molar-refractivity contribution in [2.24, 2.45) is 23.7 Å². The highest BCUT2D eigenvalue weighted by Gasteiger charge is 2.40. The molecular weight excluding hydrogens is 512 g/mol. The summed E-state index contributed by atoms with van der Waals surface area (Å²) in [6.07, 6.45) is 22.0. The lowest BCUT2D eigenvalue weighted by atomic mass is 9.69. The molecule has 14 rings (SSSR count). The fourth-order valence-electron chi connectivity index (χ4n) is 9.72. The molecule has 3 aromatic rings. The third kappa shape index (κ3) is 2.88. The summed E-state index contributed by atoms with van der Waals surface area (Å²) in [6, 6.07) is 13.8. The minimum absolute atomic E-state index is 0.457. The van der Waals surface area contributed by atoms with Gasteiger partial charge >= 0.3 is 0 Å². The first kappa shape index (κ1) is 22.4. The summed E-state index contributed by atoms with van der Waals surface area (Å²) in [5, 5.41) is 0. The molecule has 14 bridgehead atoms. The first-order valence-corrected chi connectivity index (χ1v) is 16.0. The first-order chi connectivity index (χ1) is 20.7. The average Bonchev–Trinajstić information content (AvgIpc) is 3.82. The Morgan fingerprint density at radius 3 is 1.33 bits per heavy atom. The van der Waals surface area contributed by atoms with Crippen LogP contribution in [0.25, 0.3) is 44.4 Å². The van der Waals surface area contributed by atoms with Crippen LogP contribution in [-0.2, 0) is 0 Å². The molecule has 0 radical (unpaired) electrons. The van der Waals surface area contributed by atoms with Crippen molar-refractivity contribution >= 4 is 44.4 Å². The molecule has 2 N–H and O–H groups in total. The minimum Gasteiger partial charge on any atom is -0.355 e. The molecule has 3 aromatic heterocycles. The maximum atomic E-state index is 5.49. The number of nitrogens with one attached hydrogen (secondary N) is 2. The molecule has 4 heteroatoms. The van der Waals surface area contributed by atoms with Crippen molar-refractivity contribution in [1.82, 2.24) is 19.9 Å². The SMILES string of the molecule is C1=CC2CCC1C1=C2c2cc3ccc(cc4[nH]c(cc5nc(cc1n2)C1=C5C2C=CC1CC2)c1c4C2C=CC1CC2)[nH]3. The van der Waals surface area contributed by atoms with Gasteiger partial charge in [-0.05, 0) is 108 Å². The summed E-state index contributed by atoms with van der Waals surface area (Å²) in [4.78, 5) is 18.5. The first-order valence-electron chi connectivity index (χ1n) is 16.0. The fourth-order valence-corrected chi connectivity index (χ4v) is 9.72. The number of H-pyrrole nitrogens is 2. The summed E-state index contributed by atoms with van der Waals surface area (Å²) >= 11 is 0. The number of hydrogen-bond donors (Lipinski definition) is 2. The zero-order valence-corrected chi connectivity index (χ0v) is 23.5. The van der Waals surface area contributed by atoms with Crippen LogP contribution in [0, 0.1) is 23.7 Å². The van der Waals surface area contributed by atoms with Gasteiger partial charge in [0.15, 0.2) is 0 Å². The standard InChI is InChI=1S/C38H32N4/c1-5-21-6-2-19(1)33-27-15-25-13-14-26(39-25)16-28-34-20-3-7-22(8-4-20)36(34)30(41-28)18-32-38-24-11-9-23(10-12-24)37(38)31(42-32)17-29(40-27)35(21)33/h1,3,5,7,9,11,13-24,39-40H,2,4,6,8,10,12H2. The summed E-state index contributed by atoms with van der Waals surface area (Å²) in [6.45, 7) is 0. The van der Waals surface area contributed by atoms with E-state index in [1.807, 2.05) is 0 Å². The summed E-state index contributed by atoms with van der Waals surface area (Å²) < 4.78 is 0. The van der Waals surface area contributed by atoms with Gasteiger partial charge in [-0.3, -0.25) is 0 Å². The second kappa shape index (κ2) is 7.80. The number of fused-ring (bicyclic) bond motifs is 11. The Balaban J connectivity index is 1.27. The van der Waals surface area contributed by atoms with Gasteiger partial charge in [0.05, 0.1) is 22.8 Å². The molecule has 2 aliphatic heterocycles. The quantitative estimate of drug-likeness (QED) is 0.278. The molecule has 204 valence electrons. The van der Waals surface area contributed by atoms with E-state index in [1.54, 1.807) is 0 Å². The minimum atomic E-state index is 0.457. The molecule has 0 saturated heterocycles. The van der Waals surface area contributed by atoms with Gasteiger partial charge in [-0.25, -0.2) is 9.97 Å². The third-order valence-electron chi connectivity index (χ3n) is 11.5. The summed E-state index contributed by atoms with van der Waals surface area (Å²) in [7, 11) is 0. The normalized spacial score (nSPS) is 30.8. The van der Waals surface area contributed by atoms with Gasteiger partial charge in [0.1, 0.15) is 0 Å². The monoisotopic (exact) mass is 544 g/mol. The summed E-state index contributed by atoms with van der Waals surface area (Å²) in [5.74, 6) is 2.81. The van der Waals surface area contributed by atoms with E-state index >= 15 is 0 Å². The molecule has 0 fully saturated rings. The second-order valence-electron chi connectivity index (χ2n) is 13.7. The molecule has 11 aliphatic rings. The number of aromatic amines is 2. The molecular formula is C38H32N4. The number of allylic oxidation sites excluding steroid dienone is 10. The maximum Gasteiger partial charge on any atom is 0.0700 e. The van der Waals surface area contributed by atoms with Gasteiger partial charge in [-0.15, -0.1) is 0 Å². The van der Waals surface area contributed by atoms with Crippen LogP contribution >= 0.6 is 0 Å². The predicted octanol–water partition coefficient (Wildman–Crippen LogP) is 8.86. The maximum absolute atomic E-state index is 5.49. The lowest BCUT2D eigenvalue weighted by Gasteiger charge is -2.33. The fraction of sp³-hybridized carbons (Fsp3) is 0.316. The van der Waals surface area contributed by atoms with Crippen LogP contribution in [0.5, 0.6) is 0 Å². The summed E-state index contributed by atoms with van der Waals surface area (Å²) in [5.41, 5.74) is 18.2. The number of aromatic nitrogens is 4. The zero-order valence-electron chi connectivity index (χ0n) is 23.5. The van der Waals surface area contributed by atoms with Crippen molar-refractivity contribution in [3.8, 4) is 0 Å². The largest absolute Gasteiger partial charge is 0.355 e. The van der Waals surface area contributed by atoms with Crippen LogP contribution in [0.4, 0.5) is 0 Å². The molecule has 9 aliphatic carbocycles. The van der Waals surface area contributed by atoms with Crippen LogP contribution in [0.1, 0.15) is 84.3 Å². The Kier molecular flexibility index (Phi) is 4.16. The molecule has 42 heavy (non-hydrogen) atoms. The zero-order chi connectivity index (χ0) is 27.1. The van der Waals surface area contributed by atoms with E-state index in [9.17, 15) is 0 Å². The Morgan fingerprint density at radius 2 is 0.833 bits per heavy atom. The van der Waals surface area contributed by atoms with E-state index in [1.165, 1.54) is 88.7 Å². The van der Waals surface area contributed by atoms with Crippen molar-refractivity contribution in [2.45, 2.75) is 50.4 Å². The van der Waals surface area contributed by atoms with E-state index < -0.39 is 0 Å². The molecule has 0 spiro atoms. The highest BCUT2D eigenvalue weighted by Crippen LogP contribution is 2.55. The van der Waals surface area contributed by atoms with Crippen molar-refractivity contribution in [3.63, 3.8) is 0 Å². The highest BCUT2D eigenvalue weighted by atomic mass is 14.8. The predicted molar refractivity (Wildman–Crippen MR) is 169 cm³/mol. The number of rotatable bonds is 0. The molecule has 5 heterocycles. The molecule has 6 unspecified atom stereocenters. The molecule has 0 aromatic carbocycles. The van der Waals surface area contributed by atoms with E-state index in [4.69, 9.17) is 9.97 Å². The Labute approximate surface area is 244 Å². The van der Waals surface area contributed by atoms with Gasteiger partial charge in [-0.1, -0.05) is 36.5 Å². The molecule has 0 amide bonds. The molecule has 6 atom stereocenters. The highest BCUT2D eigenvalue weighted by molar-refractivity contribution is 6.01. The molecule has 4 nitrogen and oxygen atoms in total. The number of nitrogens with zero attached hydrogens (tertiary/aromatic N) is 2. The third-order valence-corrected chi connectivity index (χ3v) is 11.5. The number of hydrogen-bond acceptors (Lipinski definition) is 2. The lowest BCUT2D eigenvalue weighted by molar-refractivity contribution is 0.557. The van der Waals surface area contributed by atoms with E-state index in [0.29, 0.717) is 35.5 Å². The van der Waals surface area contributed by atoms with E-state index in [0.717, 1.165) is 28.1 Å². The van der Waals surface area contributed by atoms with Crippen molar-refractivity contribution in [3.05, 3.63) is 107 Å². The molecule has 0 saturated carbocycles. The topological polar surface area (TPSA) is 57.4 Å². The van der Waals surface area contributed by atoms with Crippen LogP contribution in [0.2, 0.25) is 0 Å². The smallest absolute Gasteiger partial charge is 0.0700 e. The van der Waals surface area contributed by atoms with Gasteiger partial charge in [0, 0.05) is 57.6 Å². The van der Waals surface area contributed by atoms with Gasteiger partial charge in [0.2, 0.25) is 0 Å². The average molecular weight is 545 g/mol. The Morgan fingerprint density at radius 1 is 0.429 bits per heavy atom. The Bertz CT molecular complexity index is 2090. The Hall–Kier alpha value is -4.18. The van der Waals surface area contributed by atoms with Gasteiger partial charge in [-0.2, -0.15) is 0 Å². The van der Waals surface area contributed by atoms with Crippen LogP contribution < -0.4 is 0 Å². The van der Waals surface area contributed by atoms with E-state index in [2.05, 4.69) is 82.8 Å².